The Morgan fingerprint density at radius 3 is 2.59 bits per heavy atom. The van der Waals surface area contributed by atoms with Gasteiger partial charge in [-0.3, -0.25) is 9.59 Å². The summed E-state index contributed by atoms with van der Waals surface area (Å²) >= 11 is 0. The number of carbonyl (C=O) groups excluding carboxylic acids is 1. The van der Waals surface area contributed by atoms with Crippen molar-refractivity contribution in [2.45, 2.75) is 6.92 Å². The van der Waals surface area contributed by atoms with Crippen LogP contribution >= 0.6 is 0 Å². The summed E-state index contributed by atoms with van der Waals surface area (Å²) in [5, 5.41) is 0. The van der Waals surface area contributed by atoms with Gasteiger partial charge in [-0.15, -0.1) is 0 Å². The van der Waals surface area contributed by atoms with Gasteiger partial charge in [0, 0.05) is 62.9 Å². The van der Waals surface area contributed by atoms with Crippen molar-refractivity contribution in [3.05, 3.63) is 52.4 Å². The van der Waals surface area contributed by atoms with E-state index in [4.69, 9.17) is 9.47 Å². The quantitative estimate of drug-likeness (QED) is 0.796. The zero-order valence-corrected chi connectivity index (χ0v) is 16.0. The van der Waals surface area contributed by atoms with Crippen LogP contribution in [0.3, 0.4) is 0 Å². The van der Waals surface area contributed by atoms with Crippen LogP contribution in [-0.2, 0) is 11.8 Å². The number of aryl methyl sites for hydroxylation is 2. The van der Waals surface area contributed by atoms with Crippen LogP contribution in [0.5, 0.6) is 11.5 Å². The van der Waals surface area contributed by atoms with Gasteiger partial charge in [0.25, 0.3) is 5.91 Å². The van der Waals surface area contributed by atoms with E-state index in [0.29, 0.717) is 13.1 Å². The zero-order chi connectivity index (χ0) is 19.4. The number of methoxy groups -OCH3 is 1. The Kier molecular flexibility index (Phi) is 5.69. The maximum Gasteiger partial charge on any atom is 0.260 e. The predicted octanol–water partition coefficient (Wildman–Crippen LogP) is 1.43. The number of nitrogens with zero attached hydrogens (tertiary/aromatic N) is 3. The first-order chi connectivity index (χ1) is 13.0. The standard InChI is InChI=1S/C20H25N3O4/c1-15-11-18(24)19(13-21(15)2)27-14-20(25)23-9-7-22(8-10-23)16-5-4-6-17(12-16)26-3/h4-6,11-13H,7-10,14H2,1-3H3. The van der Waals surface area contributed by atoms with E-state index in [0.717, 1.165) is 30.2 Å². The Morgan fingerprint density at radius 1 is 1.15 bits per heavy atom. The Hall–Kier alpha value is -2.96. The highest BCUT2D eigenvalue weighted by Gasteiger charge is 2.22. The first-order valence-corrected chi connectivity index (χ1v) is 8.95. The van der Waals surface area contributed by atoms with Crippen molar-refractivity contribution in [3.63, 3.8) is 0 Å². The second-order valence-corrected chi connectivity index (χ2v) is 6.61. The Balaban J connectivity index is 1.54. The molecule has 0 unspecified atom stereocenters. The molecule has 1 aromatic heterocycles. The Bertz CT molecular complexity index is 870. The highest BCUT2D eigenvalue weighted by atomic mass is 16.5. The molecule has 0 spiro atoms. The second kappa shape index (κ2) is 8.16. The van der Waals surface area contributed by atoms with E-state index in [2.05, 4.69) is 4.90 Å². The number of anilines is 1. The van der Waals surface area contributed by atoms with E-state index >= 15 is 0 Å². The first kappa shape index (κ1) is 18.8. The van der Waals surface area contributed by atoms with Gasteiger partial charge in [-0.2, -0.15) is 0 Å². The summed E-state index contributed by atoms with van der Waals surface area (Å²) in [5.41, 5.74) is 1.72. The van der Waals surface area contributed by atoms with Crippen LogP contribution in [0.25, 0.3) is 0 Å². The molecule has 7 heteroatoms. The van der Waals surface area contributed by atoms with Crippen molar-refractivity contribution in [1.29, 1.82) is 0 Å². The molecule has 2 heterocycles. The van der Waals surface area contributed by atoms with Gasteiger partial charge in [-0.1, -0.05) is 6.07 Å². The second-order valence-electron chi connectivity index (χ2n) is 6.61. The molecule has 0 radical (unpaired) electrons. The highest BCUT2D eigenvalue weighted by Crippen LogP contribution is 2.22. The monoisotopic (exact) mass is 371 g/mol. The van der Waals surface area contributed by atoms with E-state index in [-0.39, 0.29) is 23.7 Å². The minimum atomic E-state index is -0.207. The van der Waals surface area contributed by atoms with E-state index in [1.807, 2.05) is 38.2 Å². The molecule has 7 nitrogen and oxygen atoms in total. The van der Waals surface area contributed by atoms with Crippen LogP contribution in [0.4, 0.5) is 5.69 Å². The number of carbonyl (C=O) groups is 1. The molecule has 0 bridgehead atoms. The summed E-state index contributed by atoms with van der Waals surface area (Å²) in [5.74, 6) is 0.911. The van der Waals surface area contributed by atoms with Crippen molar-refractivity contribution < 1.29 is 14.3 Å². The lowest BCUT2D eigenvalue weighted by Crippen LogP contribution is -2.50. The molecule has 1 amide bonds. The van der Waals surface area contributed by atoms with Gasteiger partial charge in [0.2, 0.25) is 5.43 Å². The molecular weight excluding hydrogens is 346 g/mol. The molecule has 27 heavy (non-hydrogen) atoms. The van der Waals surface area contributed by atoms with Gasteiger partial charge in [0.1, 0.15) is 5.75 Å². The summed E-state index contributed by atoms with van der Waals surface area (Å²) in [4.78, 5) is 28.4. The molecular formula is C20H25N3O4. The molecule has 2 aromatic rings. The fourth-order valence-electron chi connectivity index (χ4n) is 3.06. The number of hydrogen-bond donors (Lipinski definition) is 0. The van der Waals surface area contributed by atoms with Gasteiger partial charge >= 0.3 is 0 Å². The van der Waals surface area contributed by atoms with Crippen molar-refractivity contribution in [1.82, 2.24) is 9.47 Å². The third-order valence-electron chi connectivity index (χ3n) is 4.85. The molecule has 144 valence electrons. The largest absolute Gasteiger partial charge is 0.497 e. The van der Waals surface area contributed by atoms with Crippen LogP contribution in [0.15, 0.2) is 41.3 Å². The number of amides is 1. The number of benzene rings is 1. The number of pyridine rings is 1. The molecule has 1 aromatic carbocycles. The van der Waals surface area contributed by atoms with Crippen LogP contribution in [-0.4, -0.2) is 55.3 Å². The highest BCUT2D eigenvalue weighted by molar-refractivity contribution is 5.78. The van der Waals surface area contributed by atoms with Crippen molar-refractivity contribution >= 4 is 11.6 Å². The normalized spacial score (nSPS) is 14.2. The van der Waals surface area contributed by atoms with Crippen molar-refractivity contribution in [2.75, 3.05) is 44.8 Å². The van der Waals surface area contributed by atoms with Crippen molar-refractivity contribution in [2.24, 2.45) is 7.05 Å². The van der Waals surface area contributed by atoms with E-state index in [1.165, 1.54) is 6.07 Å². The van der Waals surface area contributed by atoms with E-state index < -0.39 is 0 Å². The fraction of sp³-hybridized carbons (Fsp3) is 0.400. The molecule has 3 rings (SSSR count). The maximum absolute atomic E-state index is 12.4. The third kappa shape index (κ3) is 4.42. The minimum absolute atomic E-state index is 0.108. The lowest BCUT2D eigenvalue weighted by atomic mass is 10.2. The maximum atomic E-state index is 12.4. The summed E-state index contributed by atoms with van der Waals surface area (Å²) in [6, 6.07) is 9.41. The SMILES string of the molecule is COc1cccc(N2CCN(C(=O)COc3cn(C)c(C)cc3=O)CC2)c1. The van der Waals surface area contributed by atoms with E-state index in [9.17, 15) is 9.59 Å². The molecule has 1 fully saturated rings. The smallest absolute Gasteiger partial charge is 0.260 e. The molecule has 0 saturated carbocycles. The Morgan fingerprint density at radius 2 is 1.89 bits per heavy atom. The summed E-state index contributed by atoms with van der Waals surface area (Å²) < 4.78 is 12.5. The molecule has 0 aliphatic carbocycles. The van der Waals surface area contributed by atoms with Crippen LogP contribution in [0, 0.1) is 6.92 Å². The van der Waals surface area contributed by atoms with Gasteiger partial charge in [0.15, 0.2) is 12.4 Å². The first-order valence-electron chi connectivity index (χ1n) is 8.95. The number of piperazine rings is 1. The summed E-state index contributed by atoms with van der Waals surface area (Å²) in [7, 11) is 3.48. The summed E-state index contributed by atoms with van der Waals surface area (Å²) in [6.07, 6.45) is 1.62. The predicted molar refractivity (Wildman–Crippen MR) is 104 cm³/mol. The zero-order valence-electron chi connectivity index (χ0n) is 16.0. The van der Waals surface area contributed by atoms with Gasteiger partial charge in [0.05, 0.1) is 7.11 Å². The van der Waals surface area contributed by atoms with Gasteiger partial charge in [-0.25, -0.2) is 0 Å². The average Bonchev–Trinajstić information content (AvgIpc) is 2.69. The minimum Gasteiger partial charge on any atom is -0.497 e. The Labute approximate surface area is 158 Å². The third-order valence-corrected chi connectivity index (χ3v) is 4.85. The van der Waals surface area contributed by atoms with Crippen molar-refractivity contribution in [3.8, 4) is 11.5 Å². The number of aromatic nitrogens is 1. The topological polar surface area (TPSA) is 64.0 Å². The number of ether oxygens (including phenoxy) is 2. The molecule has 0 atom stereocenters. The van der Waals surface area contributed by atoms with Crippen LogP contribution < -0.4 is 19.8 Å². The lowest BCUT2D eigenvalue weighted by molar-refractivity contribution is -0.133. The lowest BCUT2D eigenvalue weighted by Gasteiger charge is -2.36. The number of hydrogen-bond acceptors (Lipinski definition) is 5. The summed E-state index contributed by atoms with van der Waals surface area (Å²) in [6.45, 7) is 4.43. The van der Waals surface area contributed by atoms with Gasteiger partial charge < -0.3 is 23.8 Å². The van der Waals surface area contributed by atoms with Crippen LogP contribution in [0.2, 0.25) is 0 Å². The van der Waals surface area contributed by atoms with Crippen LogP contribution in [0.1, 0.15) is 5.69 Å². The molecule has 1 saturated heterocycles. The van der Waals surface area contributed by atoms with E-state index in [1.54, 1.807) is 22.8 Å². The number of rotatable bonds is 5. The molecule has 1 aliphatic heterocycles. The average molecular weight is 371 g/mol. The fourth-order valence-corrected chi connectivity index (χ4v) is 3.06. The molecule has 1 aliphatic rings. The molecule has 0 N–H and O–H groups in total. The van der Waals surface area contributed by atoms with Gasteiger partial charge in [-0.05, 0) is 19.1 Å².